The van der Waals surface area contributed by atoms with Crippen LogP contribution in [0.2, 0.25) is 0 Å². The van der Waals surface area contributed by atoms with Gasteiger partial charge in [0.15, 0.2) is 5.82 Å². The number of carbonyl (C=O) groups excluding carboxylic acids is 1. The molecule has 5 heterocycles. The van der Waals surface area contributed by atoms with E-state index in [4.69, 9.17) is 9.57 Å². The number of nitrogens with one attached hydrogen (secondary N) is 2. The lowest BCUT2D eigenvalue weighted by atomic mass is 10.0. The molecule has 3 aromatic rings. The summed E-state index contributed by atoms with van der Waals surface area (Å²) in [7, 11) is 3.90. The molecule has 0 aliphatic carbocycles. The monoisotopic (exact) mass is 642 g/mol. The number of ether oxygens (including phenoxy) is 1. The first-order chi connectivity index (χ1) is 22.9. The van der Waals surface area contributed by atoms with E-state index >= 15 is 0 Å². The zero-order valence-electron chi connectivity index (χ0n) is 27.1. The number of methoxy groups -OCH3 is 1. The molecule has 4 aliphatic rings. The number of hydrogen-bond donors (Lipinski definition) is 2. The van der Waals surface area contributed by atoms with Crippen molar-refractivity contribution in [1.82, 2.24) is 19.8 Å². The number of piperidine rings is 1. The normalized spacial score (nSPS) is 23.6. The summed E-state index contributed by atoms with van der Waals surface area (Å²) in [6.07, 6.45) is 6.94. The molecule has 2 aromatic carbocycles. The maximum absolute atomic E-state index is 13.6. The van der Waals surface area contributed by atoms with Gasteiger partial charge >= 0.3 is 0 Å². The maximum Gasteiger partial charge on any atom is 0.247 e. The Morgan fingerprint density at radius 1 is 1.04 bits per heavy atom. The van der Waals surface area contributed by atoms with Crippen LogP contribution in [0.15, 0.2) is 61.4 Å². The highest BCUT2D eigenvalue weighted by Gasteiger charge is 2.42. The number of halogens is 1. The van der Waals surface area contributed by atoms with Crippen molar-refractivity contribution in [2.75, 3.05) is 74.1 Å². The second-order valence-corrected chi connectivity index (χ2v) is 12.9. The zero-order chi connectivity index (χ0) is 32.5. The minimum Gasteiger partial charge on any atom is -0.494 e. The third-order valence-electron chi connectivity index (χ3n) is 10.2. The van der Waals surface area contributed by atoms with Gasteiger partial charge in [-0.1, -0.05) is 18.7 Å². The van der Waals surface area contributed by atoms with E-state index in [9.17, 15) is 9.18 Å². The molecule has 11 nitrogen and oxygen atoms in total. The molecule has 3 atom stereocenters. The Bertz CT molecular complexity index is 1600. The molecular formula is C35H43FN8O3. The number of likely N-dealkylation sites (N-methyl/N-ethyl adjacent to an activating group) is 1. The third kappa shape index (κ3) is 6.50. The van der Waals surface area contributed by atoms with Gasteiger partial charge in [-0.3, -0.25) is 14.5 Å². The third-order valence-corrected chi connectivity index (χ3v) is 10.2. The molecule has 0 saturated carbocycles. The number of likely N-dealkylation sites (tertiary alicyclic amines) is 2. The van der Waals surface area contributed by atoms with Gasteiger partial charge in [0, 0.05) is 56.8 Å². The number of hydrogen-bond acceptors (Lipinski definition) is 10. The van der Waals surface area contributed by atoms with Crippen LogP contribution in [0.5, 0.6) is 5.75 Å². The van der Waals surface area contributed by atoms with E-state index in [0.717, 1.165) is 49.5 Å². The quantitative estimate of drug-likeness (QED) is 0.311. The van der Waals surface area contributed by atoms with E-state index in [1.807, 2.05) is 12.1 Å². The van der Waals surface area contributed by atoms with Crippen molar-refractivity contribution >= 4 is 34.6 Å². The van der Waals surface area contributed by atoms with E-state index in [-0.39, 0.29) is 17.8 Å². The van der Waals surface area contributed by atoms with Crippen LogP contribution < -0.4 is 25.3 Å². The zero-order valence-corrected chi connectivity index (χ0v) is 27.1. The second kappa shape index (κ2) is 13.5. The SMILES string of the molecule is C=CC(=O)Nc1cc(Nc2cc(N3OCC[C@@H]3c3ccc(F)cc3)ncn2)c(OC)cc1N1CCC(N2C[C@H]3CCN(C)[C@H]3C2)CC1. The summed E-state index contributed by atoms with van der Waals surface area (Å²) in [6, 6.07) is 13.3. The fourth-order valence-electron chi connectivity index (χ4n) is 7.71. The van der Waals surface area contributed by atoms with Crippen molar-refractivity contribution in [3.05, 3.63) is 72.8 Å². The summed E-state index contributed by atoms with van der Waals surface area (Å²) in [5, 5.41) is 8.13. The molecule has 47 heavy (non-hydrogen) atoms. The van der Waals surface area contributed by atoms with Gasteiger partial charge in [0.25, 0.3) is 0 Å². The number of hydroxylamine groups is 1. The largest absolute Gasteiger partial charge is 0.494 e. The van der Waals surface area contributed by atoms with Crippen LogP contribution in [0, 0.1) is 11.7 Å². The Kier molecular flexibility index (Phi) is 8.98. The van der Waals surface area contributed by atoms with Crippen LogP contribution in [0.1, 0.15) is 37.3 Å². The van der Waals surface area contributed by atoms with Gasteiger partial charge in [0.2, 0.25) is 5.91 Å². The van der Waals surface area contributed by atoms with Gasteiger partial charge in [0.05, 0.1) is 36.8 Å². The summed E-state index contributed by atoms with van der Waals surface area (Å²) in [6.45, 7) is 9.55. The molecule has 248 valence electrons. The first kappa shape index (κ1) is 31.3. The fourth-order valence-corrected chi connectivity index (χ4v) is 7.71. The number of carbonyl (C=O) groups is 1. The molecule has 4 saturated heterocycles. The number of amides is 1. The molecule has 0 unspecified atom stereocenters. The Balaban J connectivity index is 1.09. The molecule has 2 N–H and O–H groups in total. The number of rotatable bonds is 9. The lowest BCUT2D eigenvalue weighted by Crippen LogP contribution is -2.45. The molecule has 0 radical (unpaired) electrons. The molecule has 12 heteroatoms. The van der Waals surface area contributed by atoms with Crippen molar-refractivity contribution in [2.24, 2.45) is 5.92 Å². The van der Waals surface area contributed by atoms with Gasteiger partial charge in [0.1, 0.15) is 23.7 Å². The van der Waals surface area contributed by atoms with E-state index in [0.29, 0.717) is 47.5 Å². The summed E-state index contributed by atoms with van der Waals surface area (Å²) in [5.41, 5.74) is 3.16. The number of fused-ring (bicyclic) bond motifs is 1. The van der Waals surface area contributed by atoms with Crippen LogP contribution in [0.25, 0.3) is 0 Å². The van der Waals surface area contributed by atoms with E-state index in [2.05, 4.69) is 48.9 Å². The summed E-state index contributed by atoms with van der Waals surface area (Å²) in [5.74, 6) is 1.95. The number of nitrogens with zero attached hydrogens (tertiary/aromatic N) is 6. The van der Waals surface area contributed by atoms with Crippen LogP contribution in [0.4, 0.5) is 33.1 Å². The molecule has 0 bridgehead atoms. The minimum absolute atomic E-state index is 0.108. The number of aromatic nitrogens is 2. The van der Waals surface area contributed by atoms with E-state index in [1.54, 1.807) is 30.4 Å². The molecular weight excluding hydrogens is 599 g/mol. The molecule has 7 rings (SSSR count). The van der Waals surface area contributed by atoms with Crippen molar-refractivity contribution in [2.45, 2.75) is 43.8 Å². The maximum atomic E-state index is 13.6. The van der Waals surface area contributed by atoms with Crippen LogP contribution in [0.3, 0.4) is 0 Å². The topological polar surface area (TPSA) is 98.3 Å². The molecule has 1 aromatic heterocycles. The van der Waals surface area contributed by atoms with Crippen LogP contribution >= 0.6 is 0 Å². The standard InChI is InChI=1S/C35H43FN8O3/c1-4-35(45)40-27-17-28(39-33-19-34(38-22-37-33)44-29(12-16-47-44)23-5-7-25(36)8-6-23)32(46-3)18-30(27)42-14-10-26(11-15-42)43-20-24-9-13-41(2)31(24)21-43/h4-8,17-19,22,24,26,29,31H,1,9-16,20-21H2,2-3H3,(H,40,45)(H,37,38,39)/t24-,29-,31+/m1/s1. The highest BCUT2D eigenvalue weighted by molar-refractivity contribution is 6.02. The average Bonchev–Trinajstić information content (AvgIpc) is 3.84. The Hall–Kier alpha value is -4.26. The molecule has 0 spiro atoms. The highest BCUT2D eigenvalue weighted by Crippen LogP contribution is 2.41. The van der Waals surface area contributed by atoms with Gasteiger partial charge < -0.3 is 25.2 Å². The first-order valence-corrected chi connectivity index (χ1v) is 16.5. The van der Waals surface area contributed by atoms with Crippen molar-refractivity contribution in [3.8, 4) is 5.75 Å². The number of benzene rings is 2. The molecule has 1 amide bonds. The molecule has 4 fully saturated rings. The summed E-state index contributed by atoms with van der Waals surface area (Å²) >= 11 is 0. The van der Waals surface area contributed by atoms with Crippen molar-refractivity contribution in [1.29, 1.82) is 0 Å². The predicted octanol–water partition coefficient (Wildman–Crippen LogP) is 4.98. The van der Waals surface area contributed by atoms with Crippen molar-refractivity contribution < 1.29 is 18.8 Å². The Morgan fingerprint density at radius 2 is 1.85 bits per heavy atom. The van der Waals surface area contributed by atoms with Gasteiger partial charge in [-0.2, -0.15) is 0 Å². The second-order valence-electron chi connectivity index (χ2n) is 12.9. The van der Waals surface area contributed by atoms with Gasteiger partial charge in [-0.25, -0.2) is 19.4 Å². The highest BCUT2D eigenvalue weighted by atomic mass is 19.1. The average molecular weight is 643 g/mol. The Labute approximate surface area is 275 Å². The van der Waals surface area contributed by atoms with Crippen LogP contribution in [-0.4, -0.2) is 91.2 Å². The van der Waals surface area contributed by atoms with E-state index < -0.39 is 0 Å². The van der Waals surface area contributed by atoms with Crippen LogP contribution in [-0.2, 0) is 9.63 Å². The number of anilines is 5. The van der Waals surface area contributed by atoms with Gasteiger partial charge in [-0.15, -0.1) is 0 Å². The summed E-state index contributed by atoms with van der Waals surface area (Å²) < 4.78 is 19.4. The van der Waals surface area contributed by atoms with Crippen molar-refractivity contribution in [3.63, 3.8) is 0 Å². The van der Waals surface area contributed by atoms with E-state index in [1.165, 1.54) is 50.6 Å². The minimum atomic E-state index is -0.285. The Morgan fingerprint density at radius 3 is 2.60 bits per heavy atom. The smallest absolute Gasteiger partial charge is 0.247 e. The predicted molar refractivity (Wildman–Crippen MR) is 181 cm³/mol. The first-order valence-electron chi connectivity index (χ1n) is 16.5. The van der Waals surface area contributed by atoms with Gasteiger partial charge in [-0.05, 0) is 68.6 Å². The lowest BCUT2D eigenvalue weighted by molar-refractivity contribution is -0.111. The summed E-state index contributed by atoms with van der Waals surface area (Å²) in [4.78, 5) is 35.0. The fraction of sp³-hybridized carbons (Fsp3) is 0.457. The molecule has 4 aliphatic heterocycles. The lowest BCUT2D eigenvalue weighted by Gasteiger charge is -2.39.